The standard InChI is InChI=1S/C22H24N6O/c1-28-12-11-24-20(28)6-3-13-29-21-14-16(7-9-25-21)15-27-19-5-2-4-18-17(19)8-10-26-22(18)23/h2,4-5,7-12,14,27H,3,6,13,15H2,1H3,(H2,23,26). The van der Waals surface area contributed by atoms with Crippen molar-refractivity contribution in [3.63, 3.8) is 0 Å². The molecule has 0 saturated heterocycles. The lowest BCUT2D eigenvalue weighted by Crippen LogP contribution is -2.05. The number of rotatable bonds is 8. The number of nitrogen functional groups attached to an aromatic ring is 1. The summed E-state index contributed by atoms with van der Waals surface area (Å²) in [6.45, 7) is 1.26. The van der Waals surface area contributed by atoms with Crippen molar-refractivity contribution in [3.8, 4) is 5.88 Å². The quantitative estimate of drug-likeness (QED) is 0.449. The molecule has 0 aliphatic rings. The van der Waals surface area contributed by atoms with Crippen molar-refractivity contribution in [2.75, 3.05) is 17.7 Å². The number of ether oxygens (including phenoxy) is 1. The van der Waals surface area contributed by atoms with Crippen LogP contribution < -0.4 is 15.8 Å². The Kier molecular flexibility index (Phi) is 5.56. The predicted molar refractivity (Wildman–Crippen MR) is 115 cm³/mol. The number of pyridine rings is 2. The molecule has 7 nitrogen and oxygen atoms in total. The number of fused-ring (bicyclic) bond motifs is 1. The Balaban J connectivity index is 1.35. The maximum Gasteiger partial charge on any atom is 0.213 e. The molecule has 148 valence electrons. The van der Waals surface area contributed by atoms with Gasteiger partial charge in [-0.15, -0.1) is 0 Å². The van der Waals surface area contributed by atoms with Gasteiger partial charge in [0.2, 0.25) is 5.88 Å². The Morgan fingerprint density at radius 2 is 1.93 bits per heavy atom. The van der Waals surface area contributed by atoms with E-state index in [1.807, 2.05) is 60.4 Å². The van der Waals surface area contributed by atoms with E-state index < -0.39 is 0 Å². The fourth-order valence-corrected chi connectivity index (χ4v) is 3.26. The minimum Gasteiger partial charge on any atom is -0.478 e. The molecule has 0 amide bonds. The van der Waals surface area contributed by atoms with Crippen LogP contribution in [0.15, 0.2) is 61.2 Å². The van der Waals surface area contributed by atoms with E-state index in [2.05, 4.69) is 20.3 Å². The van der Waals surface area contributed by atoms with Gasteiger partial charge >= 0.3 is 0 Å². The molecule has 1 aromatic carbocycles. The molecule has 4 aromatic rings. The van der Waals surface area contributed by atoms with E-state index in [0.29, 0.717) is 24.8 Å². The van der Waals surface area contributed by atoms with Crippen molar-refractivity contribution in [2.24, 2.45) is 7.05 Å². The topological polar surface area (TPSA) is 90.9 Å². The molecule has 0 saturated carbocycles. The highest BCUT2D eigenvalue weighted by Gasteiger charge is 2.05. The Bertz CT molecular complexity index is 1110. The first-order valence-electron chi connectivity index (χ1n) is 9.62. The van der Waals surface area contributed by atoms with Crippen molar-refractivity contribution in [1.29, 1.82) is 0 Å². The Hall–Kier alpha value is -3.61. The van der Waals surface area contributed by atoms with Crippen molar-refractivity contribution in [1.82, 2.24) is 19.5 Å². The number of hydrogen-bond donors (Lipinski definition) is 2. The van der Waals surface area contributed by atoms with Crippen LogP contribution in [0, 0.1) is 0 Å². The summed E-state index contributed by atoms with van der Waals surface area (Å²) in [6.07, 6.45) is 9.04. The van der Waals surface area contributed by atoms with Crippen molar-refractivity contribution < 1.29 is 4.74 Å². The molecule has 0 spiro atoms. The second kappa shape index (κ2) is 8.60. The third-order valence-corrected chi connectivity index (χ3v) is 4.83. The molecule has 0 bridgehead atoms. The van der Waals surface area contributed by atoms with Gasteiger partial charge in [0.1, 0.15) is 11.6 Å². The lowest BCUT2D eigenvalue weighted by Gasteiger charge is -2.11. The summed E-state index contributed by atoms with van der Waals surface area (Å²) in [5, 5.41) is 5.48. The lowest BCUT2D eigenvalue weighted by atomic mass is 10.1. The van der Waals surface area contributed by atoms with E-state index in [1.54, 1.807) is 12.4 Å². The van der Waals surface area contributed by atoms with Crippen LogP contribution in [-0.2, 0) is 20.0 Å². The summed E-state index contributed by atoms with van der Waals surface area (Å²) in [7, 11) is 2.00. The highest BCUT2D eigenvalue weighted by molar-refractivity contribution is 5.99. The van der Waals surface area contributed by atoms with Gasteiger partial charge in [-0.05, 0) is 30.2 Å². The van der Waals surface area contributed by atoms with Gasteiger partial charge < -0.3 is 20.4 Å². The normalized spacial score (nSPS) is 10.9. The number of nitrogens with zero attached hydrogens (tertiary/aromatic N) is 4. The van der Waals surface area contributed by atoms with Crippen molar-refractivity contribution >= 4 is 22.3 Å². The van der Waals surface area contributed by atoms with Crippen LogP contribution in [0.5, 0.6) is 5.88 Å². The van der Waals surface area contributed by atoms with Crippen LogP contribution in [0.2, 0.25) is 0 Å². The highest BCUT2D eigenvalue weighted by atomic mass is 16.5. The molecule has 0 unspecified atom stereocenters. The van der Waals surface area contributed by atoms with E-state index in [4.69, 9.17) is 10.5 Å². The molecule has 3 heterocycles. The van der Waals surface area contributed by atoms with Gasteiger partial charge in [0.15, 0.2) is 0 Å². The van der Waals surface area contributed by atoms with Gasteiger partial charge in [-0.1, -0.05) is 12.1 Å². The molecule has 4 rings (SSSR count). The summed E-state index contributed by atoms with van der Waals surface area (Å²) >= 11 is 0. The second-order valence-electron chi connectivity index (χ2n) is 6.86. The third-order valence-electron chi connectivity index (χ3n) is 4.83. The molecular formula is C22H24N6O. The van der Waals surface area contributed by atoms with Gasteiger partial charge in [0, 0.05) is 67.3 Å². The predicted octanol–water partition coefficient (Wildman–Crippen LogP) is 3.57. The molecule has 0 radical (unpaired) electrons. The summed E-state index contributed by atoms with van der Waals surface area (Å²) in [4.78, 5) is 12.8. The molecule has 29 heavy (non-hydrogen) atoms. The van der Waals surface area contributed by atoms with E-state index >= 15 is 0 Å². The number of nitrogens with one attached hydrogen (secondary N) is 1. The zero-order valence-electron chi connectivity index (χ0n) is 16.4. The van der Waals surface area contributed by atoms with Gasteiger partial charge in [0.05, 0.1) is 6.61 Å². The van der Waals surface area contributed by atoms with Crippen molar-refractivity contribution in [3.05, 3.63) is 72.6 Å². The van der Waals surface area contributed by atoms with Crippen LogP contribution in [0.1, 0.15) is 17.8 Å². The monoisotopic (exact) mass is 388 g/mol. The molecule has 7 heteroatoms. The largest absolute Gasteiger partial charge is 0.478 e. The maximum absolute atomic E-state index is 5.98. The number of aromatic nitrogens is 4. The summed E-state index contributed by atoms with van der Waals surface area (Å²) in [6, 6.07) is 11.9. The van der Waals surface area contributed by atoms with Crippen molar-refractivity contribution in [2.45, 2.75) is 19.4 Å². The Morgan fingerprint density at radius 1 is 1.03 bits per heavy atom. The summed E-state index contributed by atoms with van der Waals surface area (Å²) in [5.74, 6) is 2.23. The summed E-state index contributed by atoms with van der Waals surface area (Å²) < 4.78 is 7.85. The highest BCUT2D eigenvalue weighted by Crippen LogP contribution is 2.26. The molecular weight excluding hydrogens is 364 g/mol. The van der Waals surface area contributed by atoms with E-state index in [1.165, 1.54) is 0 Å². The SMILES string of the molecule is Cn1ccnc1CCCOc1cc(CNc2cccc3c(N)nccc23)ccn1. The summed E-state index contributed by atoms with van der Waals surface area (Å²) in [5.41, 5.74) is 8.10. The van der Waals surface area contributed by atoms with Crippen LogP contribution in [0.25, 0.3) is 10.8 Å². The number of hydrogen-bond acceptors (Lipinski definition) is 6. The first kappa shape index (κ1) is 18.7. The minimum atomic E-state index is 0.538. The molecule has 0 fully saturated rings. The number of anilines is 2. The van der Waals surface area contributed by atoms with Gasteiger partial charge in [-0.3, -0.25) is 0 Å². The van der Waals surface area contributed by atoms with E-state index in [9.17, 15) is 0 Å². The first-order valence-corrected chi connectivity index (χ1v) is 9.62. The molecule has 3 N–H and O–H groups in total. The fraction of sp³-hybridized carbons (Fsp3) is 0.227. The van der Waals surface area contributed by atoms with Gasteiger partial charge in [0.25, 0.3) is 0 Å². The minimum absolute atomic E-state index is 0.538. The van der Waals surface area contributed by atoms with Crippen LogP contribution >= 0.6 is 0 Å². The molecule has 0 aliphatic carbocycles. The molecule has 0 aliphatic heterocycles. The number of benzene rings is 1. The van der Waals surface area contributed by atoms with Crippen LogP contribution in [0.3, 0.4) is 0 Å². The lowest BCUT2D eigenvalue weighted by molar-refractivity contribution is 0.297. The van der Waals surface area contributed by atoms with Gasteiger partial charge in [-0.25, -0.2) is 15.0 Å². The average Bonchev–Trinajstić information content (AvgIpc) is 3.15. The zero-order chi connectivity index (χ0) is 20.1. The Morgan fingerprint density at radius 3 is 2.79 bits per heavy atom. The van der Waals surface area contributed by atoms with Crippen LogP contribution in [0.4, 0.5) is 11.5 Å². The number of nitrogens with two attached hydrogens (primary N) is 1. The Labute approximate surface area is 169 Å². The van der Waals surface area contributed by atoms with Gasteiger partial charge in [-0.2, -0.15) is 0 Å². The first-order chi connectivity index (χ1) is 14.2. The number of aryl methyl sites for hydroxylation is 2. The zero-order valence-corrected chi connectivity index (χ0v) is 16.4. The van der Waals surface area contributed by atoms with E-state index in [-0.39, 0.29) is 0 Å². The smallest absolute Gasteiger partial charge is 0.213 e. The second-order valence-corrected chi connectivity index (χ2v) is 6.86. The molecule has 3 aromatic heterocycles. The number of imidazole rings is 1. The molecule has 0 atom stereocenters. The fourth-order valence-electron chi connectivity index (χ4n) is 3.26. The maximum atomic E-state index is 5.98. The average molecular weight is 388 g/mol. The van der Waals surface area contributed by atoms with E-state index in [0.717, 1.165) is 40.7 Å². The third kappa shape index (κ3) is 4.45. The van der Waals surface area contributed by atoms with Crippen LogP contribution in [-0.4, -0.2) is 26.1 Å².